The number of ether oxygens (including phenoxy) is 2. The van der Waals surface area contributed by atoms with E-state index in [4.69, 9.17) is 9.47 Å². The second-order valence-corrected chi connectivity index (χ2v) is 8.66. The van der Waals surface area contributed by atoms with E-state index in [1.807, 2.05) is 29.3 Å². The van der Waals surface area contributed by atoms with Crippen molar-refractivity contribution in [3.8, 4) is 0 Å². The van der Waals surface area contributed by atoms with E-state index in [-0.39, 0.29) is 17.6 Å². The van der Waals surface area contributed by atoms with Crippen molar-refractivity contribution < 1.29 is 18.7 Å². The molecular formula is C24H27FN4O3. The maximum atomic E-state index is 14.1. The Morgan fingerprint density at radius 2 is 2.03 bits per heavy atom. The molecule has 4 heterocycles. The first-order valence-corrected chi connectivity index (χ1v) is 11.1. The number of carbonyl (C=O) groups excluding carboxylic acids is 1. The zero-order valence-electron chi connectivity index (χ0n) is 18.0. The van der Waals surface area contributed by atoms with Gasteiger partial charge in [0.25, 0.3) is 0 Å². The largest absolute Gasteiger partial charge is 0.381 e. The summed E-state index contributed by atoms with van der Waals surface area (Å²) in [6, 6.07) is 10.4. The van der Waals surface area contributed by atoms with Gasteiger partial charge in [0.15, 0.2) is 5.65 Å². The maximum absolute atomic E-state index is 14.1. The Hall–Kier alpha value is -2.84. The van der Waals surface area contributed by atoms with Crippen molar-refractivity contribution in [1.82, 2.24) is 19.5 Å². The van der Waals surface area contributed by atoms with E-state index in [9.17, 15) is 9.18 Å². The van der Waals surface area contributed by atoms with Gasteiger partial charge >= 0.3 is 0 Å². The minimum absolute atomic E-state index is 0.0416. The Bertz CT molecular complexity index is 1100. The number of benzene rings is 1. The fourth-order valence-electron chi connectivity index (χ4n) is 4.88. The third-order valence-corrected chi connectivity index (χ3v) is 6.57. The molecule has 3 aromatic rings. The lowest BCUT2D eigenvalue weighted by atomic mass is 9.72. The summed E-state index contributed by atoms with van der Waals surface area (Å²) in [5.41, 5.74) is 1.71. The quantitative estimate of drug-likeness (QED) is 0.627. The molecule has 8 heteroatoms. The van der Waals surface area contributed by atoms with Crippen molar-refractivity contribution in [2.45, 2.75) is 24.7 Å². The molecule has 2 aliphatic heterocycles. The highest BCUT2D eigenvalue weighted by Gasteiger charge is 2.44. The van der Waals surface area contributed by atoms with Crippen LogP contribution in [0, 0.1) is 11.7 Å². The van der Waals surface area contributed by atoms with Gasteiger partial charge in [-0.15, -0.1) is 0 Å². The van der Waals surface area contributed by atoms with Crippen molar-refractivity contribution in [3.05, 3.63) is 65.9 Å². The number of fused-ring (bicyclic) bond motifs is 1. The van der Waals surface area contributed by atoms with Crippen molar-refractivity contribution in [1.29, 1.82) is 0 Å². The second kappa shape index (κ2) is 8.96. The number of amides is 1. The van der Waals surface area contributed by atoms with Gasteiger partial charge in [0.2, 0.25) is 5.91 Å². The molecule has 32 heavy (non-hydrogen) atoms. The predicted octanol–water partition coefficient (Wildman–Crippen LogP) is 2.63. The summed E-state index contributed by atoms with van der Waals surface area (Å²) in [5.74, 6) is -0.154. The van der Waals surface area contributed by atoms with Crippen molar-refractivity contribution in [2.24, 2.45) is 5.92 Å². The smallest absolute Gasteiger partial charge is 0.233 e. The normalized spacial score (nSPS) is 21.4. The molecule has 2 aromatic heterocycles. The Morgan fingerprint density at radius 3 is 2.88 bits per heavy atom. The summed E-state index contributed by atoms with van der Waals surface area (Å²) in [5, 5.41) is 4.63. The van der Waals surface area contributed by atoms with E-state index in [1.54, 1.807) is 16.8 Å². The van der Waals surface area contributed by atoms with E-state index in [0.717, 1.165) is 16.9 Å². The van der Waals surface area contributed by atoms with Crippen LogP contribution in [0.5, 0.6) is 0 Å². The first-order chi connectivity index (χ1) is 15.6. The van der Waals surface area contributed by atoms with Crippen LogP contribution in [0.4, 0.5) is 4.39 Å². The number of halogens is 1. The van der Waals surface area contributed by atoms with Crippen LogP contribution in [0.3, 0.4) is 0 Å². The zero-order chi connectivity index (χ0) is 22.0. The molecule has 0 spiro atoms. The number of rotatable bonds is 4. The molecule has 0 aliphatic carbocycles. The standard InChI is InChI=1S/C24H27FN4O3/c25-20-3-1-2-19(15-20)24(6-11-31-12-7-24)23(30)28-10-13-32-17-18(16-28)14-21-4-5-22-26-8-9-29(22)27-21/h1-5,8-9,15,18H,6-7,10-14,16-17H2/t18-/m1/s1. The monoisotopic (exact) mass is 438 g/mol. The van der Waals surface area contributed by atoms with Crippen LogP contribution in [0.2, 0.25) is 0 Å². The van der Waals surface area contributed by atoms with Crippen LogP contribution in [-0.4, -0.2) is 64.9 Å². The van der Waals surface area contributed by atoms with E-state index in [1.165, 1.54) is 12.1 Å². The van der Waals surface area contributed by atoms with Gasteiger partial charge in [-0.1, -0.05) is 12.1 Å². The van der Waals surface area contributed by atoms with Crippen LogP contribution in [0.15, 0.2) is 48.8 Å². The molecule has 0 unspecified atom stereocenters. The lowest BCUT2D eigenvalue weighted by molar-refractivity contribution is -0.141. The third-order valence-electron chi connectivity index (χ3n) is 6.57. The van der Waals surface area contributed by atoms with E-state index in [0.29, 0.717) is 58.8 Å². The summed E-state index contributed by atoms with van der Waals surface area (Å²) < 4.78 is 27.2. The topological polar surface area (TPSA) is 69.0 Å². The number of hydrogen-bond acceptors (Lipinski definition) is 5. The molecule has 168 valence electrons. The van der Waals surface area contributed by atoms with Gasteiger partial charge in [-0.2, -0.15) is 5.10 Å². The average Bonchev–Trinajstić information content (AvgIpc) is 3.16. The third kappa shape index (κ3) is 4.12. The van der Waals surface area contributed by atoms with Gasteiger partial charge in [0, 0.05) is 44.6 Å². The molecule has 0 bridgehead atoms. The lowest BCUT2D eigenvalue weighted by Crippen LogP contribution is -2.51. The Kier molecular flexibility index (Phi) is 5.89. The van der Waals surface area contributed by atoms with Gasteiger partial charge in [0.1, 0.15) is 5.82 Å². The number of nitrogens with zero attached hydrogens (tertiary/aromatic N) is 4. The van der Waals surface area contributed by atoms with Gasteiger partial charge in [0.05, 0.1) is 24.3 Å². The Morgan fingerprint density at radius 1 is 1.16 bits per heavy atom. The molecule has 2 aliphatic rings. The first kappa shape index (κ1) is 21.0. The minimum atomic E-state index is -0.761. The van der Waals surface area contributed by atoms with Crippen LogP contribution < -0.4 is 0 Å². The molecule has 2 fully saturated rings. The highest BCUT2D eigenvalue weighted by Crippen LogP contribution is 2.37. The maximum Gasteiger partial charge on any atom is 0.233 e. The highest BCUT2D eigenvalue weighted by atomic mass is 19.1. The highest BCUT2D eigenvalue weighted by molar-refractivity contribution is 5.88. The molecule has 0 N–H and O–H groups in total. The molecule has 7 nitrogen and oxygen atoms in total. The fraction of sp³-hybridized carbons (Fsp3) is 0.458. The molecule has 0 saturated carbocycles. The molecule has 1 amide bonds. The molecular weight excluding hydrogens is 411 g/mol. The first-order valence-electron chi connectivity index (χ1n) is 11.1. The zero-order valence-corrected chi connectivity index (χ0v) is 18.0. The molecule has 2 saturated heterocycles. The van der Waals surface area contributed by atoms with Crippen molar-refractivity contribution in [3.63, 3.8) is 0 Å². The summed E-state index contributed by atoms with van der Waals surface area (Å²) >= 11 is 0. The van der Waals surface area contributed by atoms with E-state index < -0.39 is 5.41 Å². The molecule has 1 atom stereocenters. The average molecular weight is 439 g/mol. The van der Waals surface area contributed by atoms with Gasteiger partial charge < -0.3 is 14.4 Å². The summed E-state index contributed by atoms with van der Waals surface area (Å²) in [6.07, 6.45) is 5.35. The molecule has 5 rings (SSSR count). The number of carbonyl (C=O) groups is 1. The van der Waals surface area contributed by atoms with E-state index in [2.05, 4.69) is 10.1 Å². The van der Waals surface area contributed by atoms with Crippen LogP contribution >= 0.6 is 0 Å². The Balaban J connectivity index is 1.38. The summed E-state index contributed by atoms with van der Waals surface area (Å²) in [6.45, 7) is 3.16. The van der Waals surface area contributed by atoms with Crippen molar-refractivity contribution in [2.75, 3.05) is 39.5 Å². The second-order valence-electron chi connectivity index (χ2n) is 8.66. The lowest BCUT2D eigenvalue weighted by Gasteiger charge is -2.40. The predicted molar refractivity (Wildman–Crippen MR) is 116 cm³/mol. The molecule has 1 aromatic carbocycles. The summed E-state index contributed by atoms with van der Waals surface area (Å²) in [4.78, 5) is 20.1. The number of aromatic nitrogens is 3. The number of imidazole rings is 1. The van der Waals surface area contributed by atoms with E-state index >= 15 is 0 Å². The minimum Gasteiger partial charge on any atom is -0.381 e. The fourth-order valence-corrected chi connectivity index (χ4v) is 4.88. The van der Waals surface area contributed by atoms with Gasteiger partial charge in [-0.25, -0.2) is 13.9 Å². The van der Waals surface area contributed by atoms with Crippen molar-refractivity contribution >= 4 is 11.6 Å². The van der Waals surface area contributed by atoms with Crippen LogP contribution in [0.1, 0.15) is 24.1 Å². The SMILES string of the molecule is O=C(N1CCOC[C@H](Cc2ccc3nccn3n2)C1)C1(c2cccc(F)c2)CCOCC1. The summed E-state index contributed by atoms with van der Waals surface area (Å²) in [7, 11) is 0. The number of hydrogen-bond donors (Lipinski definition) is 0. The van der Waals surface area contributed by atoms with Crippen LogP contribution in [0.25, 0.3) is 5.65 Å². The van der Waals surface area contributed by atoms with Gasteiger partial charge in [-0.3, -0.25) is 4.79 Å². The Labute approximate surface area is 186 Å². The van der Waals surface area contributed by atoms with Gasteiger partial charge in [-0.05, 0) is 49.1 Å². The molecule has 0 radical (unpaired) electrons. The van der Waals surface area contributed by atoms with Crippen LogP contribution in [-0.2, 0) is 26.1 Å².